The lowest BCUT2D eigenvalue weighted by Gasteiger charge is -2.11. The largest absolute Gasteiger partial charge is 0.487 e. The molecule has 0 unspecified atom stereocenters. The molecule has 0 aliphatic carbocycles. The topological polar surface area (TPSA) is 92.3 Å². The first-order chi connectivity index (χ1) is 13.6. The predicted molar refractivity (Wildman–Crippen MR) is 110 cm³/mol. The van der Waals surface area contributed by atoms with E-state index >= 15 is 0 Å². The maximum atomic E-state index is 13.2. The van der Waals surface area contributed by atoms with Crippen LogP contribution in [0.3, 0.4) is 0 Å². The molecule has 0 saturated carbocycles. The Labute approximate surface area is 175 Å². The van der Waals surface area contributed by atoms with E-state index < -0.39 is 0 Å². The van der Waals surface area contributed by atoms with Crippen LogP contribution in [0.1, 0.15) is 5.56 Å². The minimum absolute atomic E-state index is 0. The summed E-state index contributed by atoms with van der Waals surface area (Å²) in [7, 11) is 0. The van der Waals surface area contributed by atoms with Crippen molar-refractivity contribution in [2.45, 2.75) is 6.61 Å². The lowest BCUT2D eigenvalue weighted by molar-refractivity contribution is -0.141. The van der Waals surface area contributed by atoms with Crippen LogP contribution in [0.5, 0.6) is 11.6 Å². The third-order valence-corrected chi connectivity index (χ3v) is 4.26. The highest BCUT2D eigenvalue weighted by molar-refractivity contribution is 6.32. The molecule has 10 heteroatoms. The molecule has 3 N–H and O–H groups in total. The van der Waals surface area contributed by atoms with Gasteiger partial charge in [0.1, 0.15) is 30.0 Å². The molecule has 2 heterocycles. The fourth-order valence-electron chi connectivity index (χ4n) is 2.68. The molecule has 0 aliphatic heterocycles. The number of H-pyrrole nitrogens is 1. The summed E-state index contributed by atoms with van der Waals surface area (Å²) in [4.78, 5) is 15.3. The van der Waals surface area contributed by atoms with Crippen LogP contribution in [0.15, 0.2) is 54.9 Å². The average molecular weight is 437 g/mol. The number of nitrogens with one attached hydrogen (secondary N) is 2. The van der Waals surface area contributed by atoms with Crippen molar-refractivity contribution in [2.75, 3.05) is 5.32 Å². The summed E-state index contributed by atoms with van der Waals surface area (Å²) in [6.45, 7) is 0.198. The predicted octanol–water partition coefficient (Wildman–Crippen LogP) is 5.35. The van der Waals surface area contributed by atoms with E-state index in [1.54, 1.807) is 36.4 Å². The first-order valence-electron chi connectivity index (χ1n) is 8.21. The normalized spacial score (nSPS) is 10.4. The summed E-state index contributed by atoms with van der Waals surface area (Å²) >= 11 is 6.31. The van der Waals surface area contributed by atoms with E-state index in [9.17, 15) is 4.39 Å². The molecule has 150 valence electrons. The molecule has 0 saturated heterocycles. The molecule has 2 aromatic carbocycles. The van der Waals surface area contributed by atoms with Crippen molar-refractivity contribution in [3.63, 3.8) is 0 Å². The number of halogens is 3. The average Bonchev–Trinajstić information content (AvgIpc) is 3.12. The van der Waals surface area contributed by atoms with Gasteiger partial charge in [-0.05, 0) is 35.9 Å². The van der Waals surface area contributed by atoms with Crippen molar-refractivity contribution in [2.24, 2.45) is 0 Å². The monoisotopic (exact) mass is 436 g/mol. The highest BCUT2D eigenvalue weighted by atomic mass is 35.5. The molecule has 0 fully saturated rings. The van der Waals surface area contributed by atoms with Crippen molar-refractivity contribution in [1.29, 1.82) is 0 Å². The fraction of sp³-hybridized carbons (Fsp3) is 0.0526. The molecule has 0 bridgehead atoms. The summed E-state index contributed by atoms with van der Waals surface area (Å²) in [6, 6.07) is 12.9. The number of hydrogen-bond donors (Lipinski definition) is 3. The van der Waals surface area contributed by atoms with Crippen LogP contribution in [-0.2, 0) is 6.61 Å². The number of hydrogen-bond acceptors (Lipinski definition) is 6. The Kier molecular flexibility index (Phi) is 6.38. The zero-order valence-electron chi connectivity index (χ0n) is 14.7. The number of aromatic amines is 1. The Balaban J connectivity index is 0.00000240. The van der Waals surface area contributed by atoms with Gasteiger partial charge in [-0.3, -0.25) is 0 Å². The van der Waals surface area contributed by atoms with Crippen molar-refractivity contribution in [3.05, 3.63) is 71.3 Å². The third-order valence-electron chi connectivity index (χ3n) is 3.97. The minimum atomic E-state index is -0.318. The second-order valence-corrected chi connectivity index (χ2v) is 6.30. The molecule has 0 aliphatic rings. The zero-order chi connectivity index (χ0) is 19.5. The number of ether oxygens (including phenoxy) is 1. The minimum Gasteiger partial charge on any atom is -0.487 e. The zero-order valence-corrected chi connectivity index (χ0v) is 16.3. The molecule has 0 spiro atoms. The van der Waals surface area contributed by atoms with Crippen LogP contribution in [-0.4, -0.2) is 20.2 Å². The van der Waals surface area contributed by atoms with Gasteiger partial charge in [-0.1, -0.05) is 23.7 Å². The van der Waals surface area contributed by atoms with Crippen molar-refractivity contribution < 1.29 is 19.3 Å². The Bertz CT molecular complexity index is 1140. The molecule has 0 atom stereocenters. The van der Waals surface area contributed by atoms with Gasteiger partial charge in [0.15, 0.2) is 5.82 Å². The Morgan fingerprint density at radius 3 is 2.76 bits per heavy atom. The maximum Gasteiger partial charge on any atom is 0.236 e. The summed E-state index contributed by atoms with van der Waals surface area (Å²) < 4.78 is 18.9. The molecular weight excluding hydrogens is 422 g/mol. The first kappa shape index (κ1) is 20.7. The molecule has 7 nitrogen and oxygen atoms in total. The van der Waals surface area contributed by atoms with Gasteiger partial charge in [0.2, 0.25) is 5.88 Å². The smallest absolute Gasteiger partial charge is 0.236 e. The van der Waals surface area contributed by atoms with Gasteiger partial charge in [-0.25, -0.2) is 19.6 Å². The van der Waals surface area contributed by atoms with Crippen LogP contribution in [0, 0.1) is 5.82 Å². The van der Waals surface area contributed by atoms with E-state index in [4.69, 9.17) is 21.6 Å². The first-order valence-corrected chi connectivity index (χ1v) is 8.59. The molecule has 0 amide bonds. The summed E-state index contributed by atoms with van der Waals surface area (Å²) in [5.74, 6) is 0.789. The number of fused-ring (bicyclic) bond motifs is 1. The van der Waals surface area contributed by atoms with Gasteiger partial charge >= 0.3 is 0 Å². The van der Waals surface area contributed by atoms with Gasteiger partial charge in [0.25, 0.3) is 0 Å². The van der Waals surface area contributed by atoms with E-state index in [1.165, 1.54) is 18.5 Å². The maximum absolute atomic E-state index is 13.2. The van der Waals surface area contributed by atoms with Crippen LogP contribution in [0.4, 0.5) is 15.9 Å². The Morgan fingerprint density at radius 2 is 2.00 bits per heavy atom. The number of aromatic nitrogens is 3. The quantitative estimate of drug-likeness (QED) is 0.278. The fourth-order valence-corrected chi connectivity index (χ4v) is 2.91. The summed E-state index contributed by atoms with van der Waals surface area (Å²) in [5.41, 5.74) is 2.51. The summed E-state index contributed by atoms with van der Waals surface area (Å²) in [5, 5.41) is 12.3. The molecule has 4 rings (SSSR count). The van der Waals surface area contributed by atoms with Crippen molar-refractivity contribution in [1.82, 2.24) is 15.0 Å². The van der Waals surface area contributed by atoms with Gasteiger partial charge < -0.3 is 19.9 Å². The van der Waals surface area contributed by atoms with Gasteiger partial charge in [-0.2, -0.15) is 0 Å². The van der Waals surface area contributed by atoms with E-state index in [1.807, 2.05) is 0 Å². The number of rotatable bonds is 6. The third kappa shape index (κ3) is 4.68. The van der Waals surface area contributed by atoms with Crippen LogP contribution < -0.4 is 14.9 Å². The number of benzene rings is 2. The van der Waals surface area contributed by atoms with Crippen molar-refractivity contribution in [3.8, 4) is 11.6 Å². The van der Waals surface area contributed by atoms with Gasteiger partial charge in [0, 0.05) is 11.8 Å². The van der Waals surface area contributed by atoms with Crippen LogP contribution in [0.2, 0.25) is 5.02 Å². The molecule has 29 heavy (non-hydrogen) atoms. The van der Waals surface area contributed by atoms with Crippen LogP contribution >= 0.6 is 24.0 Å². The second-order valence-electron chi connectivity index (χ2n) is 5.90. The molecular formula is C19H15Cl2FN4O3. The molecule has 0 radical (unpaired) electrons. The van der Waals surface area contributed by atoms with E-state index in [0.717, 1.165) is 0 Å². The Morgan fingerprint density at radius 1 is 1.14 bits per heavy atom. The van der Waals surface area contributed by atoms with E-state index in [2.05, 4.69) is 25.2 Å². The summed E-state index contributed by atoms with van der Waals surface area (Å²) in [6.07, 6.45) is 1.39. The molecule has 2 aromatic heterocycles. The highest BCUT2D eigenvalue weighted by Crippen LogP contribution is 2.31. The van der Waals surface area contributed by atoms with E-state index in [-0.39, 0.29) is 30.7 Å². The lowest BCUT2D eigenvalue weighted by Crippen LogP contribution is -1.98. The second kappa shape index (κ2) is 8.95. The lowest BCUT2D eigenvalue weighted by atomic mass is 10.2. The molecule has 4 aromatic rings. The van der Waals surface area contributed by atoms with Gasteiger partial charge in [-0.15, -0.1) is 12.4 Å². The number of anilines is 2. The van der Waals surface area contributed by atoms with Gasteiger partial charge in [0.05, 0.1) is 10.5 Å². The van der Waals surface area contributed by atoms with Crippen LogP contribution in [0.25, 0.3) is 11.0 Å². The standard InChI is InChI=1S/C19H14ClFN4O3.ClH/c20-14-7-13(4-5-16(14)27-9-11-2-1-3-12(21)6-11)24-19-18-15(22-10-23-19)8-17(25-18)28-26;/h1-8,10,25-26H,9H2,(H,22,23,24);1H. The Hall–Kier alpha value is -3.07. The number of nitrogens with zero attached hydrogens (tertiary/aromatic N) is 2. The highest BCUT2D eigenvalue weighted by Gasteiger charge is 2.11. The van der Waals surface area contributed by atoms with Crippen molar-refractivity contribution >= 4 is 46.5 Å². The van der Waals surface area contributed by atoms with E-state index in [0.29, 0.717) is 38.9 Å². The SMILES string of the molecule is Cl.OOc1cc2ncnc(Nc3ccc(OCc4cccc(F)c4)c(Cl)c3)c2[nH]1.